The zero-order valence-electron chi connectivity index (χ0n) is 11.6. The highest BCUT2D eigenvalue weighted by molar-refractivity contribution is 7.98. The Morgan fingerprint density at radius 3 is 2.14 bits per heavy atom. The summed E-state index contributed by atoms with van der Waals surface area (Å²) < 4.78 is 0. The van der Waals surface area contributed by atoms with Gasteiger partial charge in [0.2, 0.25) is 0 Å². The minimum atomic E-state index is 1.16. The van der Waals surface area contributed by atoms with Crippen molar-refractivity contribution in [3.63, 3.8) is 0 Å². The summed E-state index contributed by atoms with van der Waals surface area (Å²) >= 11 is 2.03. The van der Waals surface area contributed by atoms with Crippen LogP contribution in [0.5, 0.6) is 0 Å². The van der Waals surface area contributed by atoms with E-state index in [1.807, 2.05) is 11.8 Å². The van der Waals surface area contributed by atoms with Crippen LogP contribution in [0.2, 0.25) is 0 Å². The highest BCUT2D eigenvalue weighted by Gasteiger charge is 2.14. The molecule has 0 amide bonds. The van der Waals surface area contributed by atoms with Gasteiger partial charge in [-0.15, -0.1) is 0 Å². The lowest BCUT2D eigenvalue weighted by Gasteiger charge is -2.08. The summed E-state index contributed by atoms with van der Waals surface area (Å²) in [6, 6.07) is 22.6. The van der Waals surface area contributed by atoms with Crippen molar-refractivity contribution in [3.05, 3.63) is 71.8 Å². The Hall–Kier alpha value is -1.99. The first-order valence-electron chi connectivity index (χ1n) is 7.33. The van der Waals surface area contributed by atoms with Crippen LogP contribution in [-0.4, -0.2) is 0 Å². The largest absolute Gasteiger partial charge is 0.152 e. The molecule has 0 aliphatic carbocycles. The van der Waals surface area contributed by atoms with Crippen molar-refractivity contribution in [2.45, 2.75) is 11.5 Å². The Bertz CT molecular complexity index is 1010. The van der Waals surface area contributed by atoms with Crippen LogP contribution in [0, 0.1) is 0 Å². The van der Waals surface area contributed by atoms with Gasteiger partial charge in [0.1, 0.15) is 0 Å². The maximum absolute atomic E-state index is 2.39. The minimum Gasteiger partial charge on any atom is -0.152 e. The number of hydrogen-bond donors (Lipinski definition) is 0. The minimum absolute atomic E-state index is 1.16. The second kappa shape index (κ2) is 4.25. The van der Waals surface area contributed by atoms with Crippen LogP contribution in [0.3, 0.4) is 0 Å². The Balaban J connectivity index is 1.93. The zero-order valence-corrected chi connectivity index (χ0v) is 12.4. The summed E-state index contributed by atoms with van der Waals surface area (Å²) in [4.78, 5) is 0. The molecule has 0 nitrogen and oxygen atoms in total. The predicted octanol–water partition coefficient (Wildman–Crippen LogP) is 5.89. The Kier molecular flexibility index (Phi) is 2.36. The van der Waals surface area contributed by atoms with E-state index >= 15 is 0 Å². The first-order valence-corrected chi connectivity index (χ1v) is 8.49. The molecule has 1 aliphatic heterocycles. The molecule has 0 spiro atoms. The molecule has 21 heavy (non-hydrogen) atoms. The summed E-state index contributed by atoms with van der Waals surface area (Å²) in [6.45, 7) is 0. The summed E-state index contributed by atoms with van der Waals surface area (Å²) in [6.07, 6.45) is 0. The quantitative estimate of drug-likeness (QED) is 0.363. The van der Waals surface area contributed by atoms with Crippen LogP contribution < -0.4 is 0 Å². The number of benzene rings is 4. The molecular formula is C20H14S. The lowest BCUT2D eigenvalue weighted by molar-refractivity contribution is 1.39. The molecule has 0 bridgehead atoms. The Morgan fingerprint density at radius 1 is 0.619 bits per heavy atom. The molecule has 1 aliphatic rings. The third-order valence-corrected chi connectivity index (χ3v) is 5.56. The van der Waals surface area contributed by atoms with E-state index in [9.17, 15) is 0 Å². The fourth-order valence-electron chi connectivity index (χ4n) is 3.44. The Morgan fingerprint density at radius 2 is 1.33 bits per heavy atom. The molecule has 0 radical (unpaired) electrons. The smallest absolute Gasteiger partial charge is 0.0197 e. The van der Waals surface area contributed by atoms with E-state index in [1.165, 1.54) is 43.6 Å². The van der Waals surface area contributed by atoms with Gasteiger partial charge in [0.15, 0.2) is 0 Å². The molecule has 1 heteroatoms. The standard InChI is InChI=1S/C20H14S/c1-2-4-14-8-18-10-19-15(9-17(18)7-13(14)3-1)5-6-16-11-21-12-20(16)19/h1-10H,11-12H2. The van der Waals surface area contributed by atoms with E-state index in [1.54, 1.807) is 5.56 Å². The fourth-order valence-corrected chi connectivity index (χ4v) is 4.58. The first kappa shape index (κ1) is 11.6. The van der Waals surface area contributed by atoms with Crippen LogP contribution >= 0.6 is 11.8 Å². The van der Waals surface area contributed by atoms with Gasteiger partial charge in [0.05, 0.1) is 0 Å². The van der Waals surface area contributed by atoms with E-state index in [0.717, 1.165) is 5.75 Å². The molecule has 1 heterocycles. The van der Waals surface area contributed by atoms with Crippen molar-refractivity contribution in [1.29, 1.82) is 0 Å². The SMILES string of the molecule is c1ccc2cc3cc4c5c(ccc4cc3cc2c1)CSC5. The first-order chi connectivity index (χ1) is 10.4. The van der Waals surface area contributed by atoms with Crippen molar-refractivity contribution in [3.8, 4) is 0 Å². The predicted molar refractivity (Wildman–Crippen MR) is 94.0 cm³/mol. The van der Waals surface area contributed by atoms with Crippen LogP contribution in [0.25, 0.3) is 32.3 Å². The molecule has 4 aromatic carbocycles. The van der Waals surface area contributed by atoms with E-state index in [2.05, 4.69) is 60.7 Å². The Labute approximate surface area is 127 Å². The lowest BCUT2D eigenvalue weighted by atomic mass is 9.96. The highest BCUT2D eigenvalue weighted by Crippen LogP contribution is 2.37. The topological polar surface area (TPSA) is 0 Å². The molecule has 0 saturated heterocycles. The lowest BCUT2D eigenvalue weighted by Crippen LogP contribution is -1.86. The van der Waals surface area contributed by atoms with Gasteiger partial charge >= 0.3 is 0 Å². The van der Waals surface area contributed by atoms with Crippen LogP contribution in [0.1, 0.15) is 11.1 Å². The normalized spacial score (nSPS) is 14.1. The van der Waals surface area contributed by atoms with E-state index in [0.29, 0.717) is 0 Å². The van der Waals surface area contributed by atoms with Crippen molar-refractivity contribution in [2.75, 3.05) is 0 Å². The second-order valence-corrected chi connectivity index (χ2v) is 6.80. The van der Waals surface area contributed by atoms with Gasteiger partial charge in [0, 0.05) is 11.5 Å². The van der Waals surface area contributed by atoms with Crippen LogP contribution in [0.4, 0.5) is 0 Å². The fraction of sp³-hybridized carbons (Fsp3) is 0.100. The summed E-state index contributed by atoms with van der Waals surface area (Å²) in [5, 5.41) is 8.16. The van der Waals surface area contributed by atoms with E-state index in [4.69, 9.17) is 0 Å². The van der Waals surface area contributed by atoms with Crippen LogP contribution in [-0.2, 0) is 11.5 Å². The number of fused-ring (bicyclic) bond motifs is 5. The van der Waals surface area contributed by atoms with Gasteiger partial charge in [-0.3, -0.25) is 0 Å². The van der Waals surface area contributed by atoms with Crippen molar-refractivity contribution in [1.82, 2.24) is 0 Å². The van der Waals surface area contributed by atoms with Gasteiger partial charge in [0.25, 0.3) is 0 Å². The molecule has 0 N–H and O–H groups in total. The molecule has 0 fully saturated rings. The summed E-state index contributed by atoms with van der Waals surface area (Å²) in [5.41, 5.74) is 3.07. The molecule has 5 rings (SSSR count). The molecular weight excluding hydrogens is 272 g/mol. The maximum Gasteiger partial charge on any atom is 0.0197 e. The maximum atomic E-state index is 2.39. The van der Waals surface area contributed by atoms with Crippen molar-refractivity contribution in [2.24, 2.45) is 0 Å². The van der Waals surface area contributed by atoms with E-state index < -0.39 is 0 Å². The molecule has 0 saturated carbocycles. The van der Waals surface area contributed by atoms with Gasteiger partial charge in [-0.2, -0.15) is 11.8 Å². The van der Waals surface area contributed by atoms with Gasteiger partial charge in [-0.1, -0.05) is 36.4 Å². The van der Waals surface area contributed by atoms with Crippen molar-refractivity contribution >= 4 is 44.1 Å². The van der Waals surface area contributed by atoms with E-state index in [-0.39, 0.29) is 0 Å². The highest BCUT2D eigenvalue weighted by atomic mass is 32.2. The third-order valence-electron chi connectivity index (χ3n) is 4.55. The van der Waals surface area contributed by atoms with Crippen molar-refractivity contribution < 1.29 is 0 Å². The average molecular weight is 286 g/mol. The molecule has 0 atom stereocenters. The second-order valence-electron chi connectivity index (χ2n) is 5.82. The molecule has 4 aromatic rings. The number of thioether (sulfide) groups is 1. The van der Waals surface area contributed by atoms with Crippen LogP contribution in [0.15, 0.2) is 60.7 Å². The third kappa shape index (κ3) is 1.71. The van der Waals surface area contributed by atoms with Gasteiger partial charge in [-0.25, -0.2) is 0 Å². The van der Waals surface area contributed by atoms with Gasteiger partial charge < -0.3 is 0 Å². The number of rotatable bonds is 0. The molecule has 0 aromatic heterocycles. The monoisotopic (exact) mass is 286 g/mol. The summed E-state index contributed by atoms with van der Waals surface area (Å²) in [7, 11) is 0. The average Bonchev–Trinajstić information content (AvgIpc) is 3.00. The molecule has 0 unspecified atom stereocenters. The molecule has 100 valence electrons. The number of hydrogen-bond acceptors (Lipinski definition) is 1. The summed E-state index contributed by atoms with van der Waals surface area (Å²) in [5.74, 6) is 2.33. The van der Waals surface area contributed by atoms with Gasteiger partial charge in [-0.05, 0) is 67.7 Å². The zero-order chi connectivity index (χ0) is 13.8.